The molecule has 0 saturated heterocycles. The van der Waals surface area contributed by atoms with Crippen LogP contribution in [0.15, 0.2) is 12.7 Å². The number of ether oxygens (including phenoxy) is 1. The van der Waals surface area contributed by atoms with Crippen LogP contribution < -0.4 is 5.49 Å². The van der Waals surface area contributed by atoms with Gasteiger partial charge in [0, 0.05) is 0 Å². The Morgan fingerprint density at radius 1 is 1.55 bits per heavy atom. The van der Waals surface area contributed by atoms with Gasteiger partial charge in [0.25, 0.3) is 6.03 Å². The fourth-order valence-electron chi connectivity index (χ4n) is 1.67. The van der Waals surface area contributed by atoms with Crippen LogP contribution in [0, 0.1) is 5.41 Å². The van der Waals surface area contributed by atoms with Gasteiger partial charge in [-0.2, -0.15) is 0 Å². The first kappa shape index (κ1) is 14.8. The van der Waals surface area contributed by atoms with Gasteiger partial charge in [0.15, 0.2) is 11.1 Å². The molecule has 2 aromatic heterocycles. The Bertz CT molecular complexity index is 706. The van der Waals surface area contributed by atoms with Crippen LogP contribution in [0.25, 0.3) is 11.2 Å². The van der Waals surface area contributed by atoms with Gasteiger partial charge in [-0.3, -0.25) is 9.97 Å². The molecule has 110 valence electrons. The Hall–Kier alpha value is -1.58. The molecule has 0 aromatic carbocycles. The van der Waals surface area contributed by atoms with Crippen molar-refractivity contribution in [3.63, 3.8) is 0 Å². The highest BCUT2D eigenvalue weighted by Crippen LogP contribution is 2.40. The number of hydrogen-bond donors (Lipinski definition) is 5. The van der Waals surface area contributed by atoms with Crippen molar-refractivity contribution < 1.29 is 24.2 Å². The van der Waals surface area contributed by atoms with E-state index < -0.39 is 19.7 Å². The lowest BCUT2D eigenvalue weighted by Crippen LogP contribution is -2.25. The van der Waals surface area contributed by atoms with E-state index in [1.165, 1.54) is 12.7 Å². The molecule has 11 heteroatoms. The second-order valence-electron chi connectivity index (χ2n) is 4.21. The van der Waals surface area contributed by atoms with Crippen molar-refractivity contribution in [2.24, 2.45) is 0 Å². The summed E-state index contributed by atoms with van der Waals surface area (Å²) in [4.78, 5) is 28.2. The van der Waals surface area contributed by atoms with Gasteiger partial charge in [-0.1, -0.05) is 0 Å². The number of hydrogen-bond acceptors (Lipinski definition) is 6. The molecule has 0 bridgehead atoms. The highest BCUT2D eigenvalue weighted by Gasteiger charge is 2.29. The second-order valence-corrected chi connectivity index (χ2v) is 5.83. The average Bonchev–Trinajstić information content (AvgIpc) is 2.81. The highest BCUT2D eigenvalue weighted by atomic mass is 31.2. The van der Waals surface area contributed by atoms with Crippen molar-refractivity contribution in [3.8, 4) is 0 Å². The smallest absolute Gasteiger partial charge is 0.358 e. The van der Waals surface area contributed by atoms with E-state index in [2.05, 4.69) is 15.0 Å². The number of nitrogens with one attached hydrogen (secondary N) is 2. The summed E-state index contributed by atoms with van der Waals surface area (Å²) in [5.41, 5.74) is 0.943. The van der Waals surface area contributed by atoms with E-state index in [1.54, 1.807) is 11.5 Å². The lowest BCUT2D eigenvalue weighted by Gasteiger charge is -2.19. The molecule has 2 heterocycles. The van der Waals surface area contributed by atoms with E-state index in [0.717, 1.165) is 0 Å². The quantitative estimate of drug-likeness (QED) is 0.353. The SMILES string of the molecule is CC(Cn1cnc(=N)c2[nH]cnc21)O[C@H](O)P(=O)(O)O. The molecule has 2 rings (SSSR count). The summed E-state index contributed by atoms with van der Waals surface area (Å²) in [7, 11) is -4.70. The van der Waals surface area contributed by atoms with Crippen molar-refractivity contribution in [2.45, 2.75) is 25.6 Å². The minimum atomic E-state index is -4.70. The van der Waals surface area contributed by atoms with E-state index >= 15 is 0 Å². The Morgan fingerprint density at radius 3 is 2.90 bits per heavy atom. The number of imidazole rings is 1. The fourth-order valence-corrected chi connectivity index (χ4v) is 2.03. The van der Waals surface area contributed by atoms with Gasteiger partial charge >= 0.3 is 7.60 Å². The maximum atomic E-state index is 10.8. The third kappa shape index (κ3) is 3.11. The number of aromatic nitrogens is 4. The van der Waals surface area contributed by atoms with E-state index in [9.17, 15) is 9.67 Å². The van der Waals surface area contributed by atoms with Crippen LogP contribution in [0.3, 0.4) is 0 Å². The molecule has 0 aliphatic carbocycles. The molecule has 20 heavy (non-hydrogen) atoms. The first-order chi connectivity index (χ1) is 9.29. The molecule has 1 unspecified atom stereocenters. The molecule has 0 radical (unpaired) electrons. The van der Waals surface area contributed by atoms with Crippen molar-refractivity contribution in [1.29, 1.82) is 5.41 Å². The molecule has 0 spiro atoms. The summed E-state index contributed by atoms with van der Waals surface area (Å²) in [6, 6.07) is -2.17. The van der Waals surface area contributed by atoms with Gasteiger partial charge in [-0.15, -0.1) is 0 Å². The predicted molar refractivity (Wildman–Crippen MR) is 66.3 cm³/mol. The summed E-state index contributed by atoms with van der Waals surface area (Å²) in [5.74, 6) is 0. The van der Waals surface area contributed by atoms with E-state index in [4.69, 9.17) is 19.9 Å². The van der Waals surface area contributed by atoms with Crippen molar-refractivity contribution in [2.75, 3.05) is 0 Å². The van der Waals surface area contributed by atoms with Gasteiger partial charge in [-0.25, -0.2) is 9.97 Å². The Balaban J connectivity index is 2.16. The summed E-state index contributed by atoms with van der Waals surface area (Å²) in [5, 5.41) is 16.8. The maximum Gasteiger partial charge on any atom is 0.381 e. The third-order valence-electron chi connectivity index (χ3n) is 2.55. The standard InChI is InChI=1S/C9H14N5O5P/c1-5(19-9(15)20(16,17)18)2-14-4-13-7(10)6-8(14)12-3-11-6/h3-5,9-10,15H,2H2,1H3,(H,11,12)(H2,16,17,18)/t5?,9-/m0/s1. The largest absolute Gasteiger partial charge is 0.381 e. The predicted octanol–water partition coefficient (Wildman–Crippen LogP) is -0.902. The lowest BCUT2D eigenvalue weighted by molar-refractivity contribution is -0.0934. The summed E-state index contributed by atoms with van der Waals surface area (Å²) in [6.07, 6.45) is 2.09. The van der Waals surface area contributed by atoms with E-state index in [0.29, 0.717) is 11.2 Å². The number of aliphatic hydroxyl groups is 1. The summed E-state index contributed by atoms with van der Waals surface area (Å²) >= 11 is 0. The number of fused-ring (bicyclic) bond motifs is 1. The number of nitrogens with zero attached hydrogens (tertiary/aromatic N) is 3. The van der Waals surface area contributed by atoms with Crippen LogP contribution in [0.5, 0.6) is 0 Å². The van der Waals surface area contributed by atoms with Crippen LogP contribution >= 0.6 is 7.60 Å². The number of H-pyrrole nitrogens is 1. The zero-order valence-electron chi connectivity index (χ0n) is 10.5. The number of rotatable bonds is 5. The first-order valence-corrected chi connectivity index (χ1v) is 7.29. The number of aliphatic hydroxyl groups excluding tert-OH is 1. The first-order valence-electron chi connectivity index (χ1n) is 5.61. The van der Waals surface area contributed by atoms with E-state index in [-0.39, 0.29) is 12.0 Å². The summed E-state index contributed by atoms with van der Waals surface area (Å²) in [6.45, 7) is 1.70. The molecule has 5 N–H and O–H groups in total. The summed E-state index contributed by atoms with van der Waals surface area (Å²) < 4.78 is 17.2. The molecular formula is C9H14N5O5P. The van der Waals surface area contributed by atoms with Gasteiger partial charge in [-0.05, 0) is 6.92 Å². The average molecular weight is 303 g/mol. The zero-order valence-corrected chi connectivity index (χ0v) is 11.4. The van der Waals surface area contributed by atoms with Gasteiger partial charge in [0.1, 0.15) is 5.52 Å². The molecule has 2 atom stereocenters. The third-order valence-corrected chi connectivity index (χ3v) is 3.25. The Kier molecular flexibility index (Phi) is 4.02. The molecule has 0 fully saturated rings. The second kappa shape index (κ2) is 5.43. The molecule has 0 aliphatic rings. The molecular weight excluding hydrogens is 289 g/mol. The lowest BCUT2D eigenvalue weighted by atomic mass is 10.4. The maximum absolute atomic E-state index is 10.8. The van der Waals surface area contributed by atoms with E-state index in [1.807, 2.05) is 0 Å². The van der Waals surface area contributed by atoms with Crippen LogP contribution in [0.4, 0.5) is 0 Å². The van der Waals surface area contributed by atoms with Crippen molar-refractivity contribution >= 4 is 18.8 Å². The zero-order chi connectivity index (χ0) is 14.9. The monoisotopic (exact) mass is 303 g/mol. The van der Waals surface area contributed by atoms with Crippen LogP contribution in [0.1, 0.15) is 6.92 Å². The van der Waals surface area contributed by atoms with Gasteiger partial charge in [0.05, 0.1) is 25.3 Å². The normalized spacial score (nSPS) is 15.4. The van der Waals surface area contributed by atoms with Crippen molar-refractivity contribution in [1.82, 2.24) is 19.5 Å². The molecule has 0 amide bonds. The minimum absolute atomic E-state index is 0.0394. The molecule has 0 saturated carbocycles. The fraction of sp³-hybridized carbons (Fsp3) is 0.444. The molecule has 10 nitrogen and oxygen atoms in total. The van der Waals surface area contributed by atoms with Crippen LogP contribution in [-0.4, -0.2) is 46.5 Å². The van der Waals surface area contributed by atoms with Gasteiger partial charge < -0.3 is 29.2 Å². The Morgan fingerprint density at radius 2 is 2.25 bits per heavy atom. The minimum Gasteiger partial charge on any atom is -0.358 e. The Labute approximate surface area is 112 Å². The highest BCUT2D eigenvalue weighted by molar-refractivity contribution is 7.52. The topological polar surface area (TPSA) is 157 Å². The van der Waals surface area contributed by atoms with Crippen LogP contribution in [-0.2, 0) is 15.8 Å². The number of aromatic amines is 1. The molecule has 2 aromatic rings. The molecule has 0 aliphatic heterocycles. The van der Waals surface area contributed by atoms with Gasteiger partial charge in [0.2, 0.25) is 0 Å². The van der Waals surface area contributed by atoms with Crippen molar-refractivity contribution in [3.05, 3.63) is 18.1 Å². The van der Waals surface area contributed by atoms with Crippen LogP contribution in [0.2, 0.25) is 0 Å².